The van der Waals surface area contributed by atoms with Gasteiger partial charge >= 0.3 is 6.18 Å². The first-order valence-corrected chi connectivity index (χ1v) is 7.40. The second-order valence-corrected chi connectivity index (χ2v) is 5.66. The predicted octanol–water partition coefficient (Wildman–Crippen LogP) is 3.35. The number of carbonyl (C=O) groups excluding carboxylic acids is 1. The quantitative estimate of drug-likeness (QED) is 0.905. The highest BCUT2D eigenvalue weighted by atomic mass is 19.4. The number of amides is 1. The van der Waals surface area contributed by atoms with Gasteiger partial charge in [-0.3, -0.25) is 4.79 Å². The smallest absolute Gasteiger partial charge is 0.381 e. The van der Waals surface area contributed by atoms with Crippen LogP contribution >= 0.6 is 0 Å². The summed E-state index contributed by atoms with van der Waals surface area (Å²) in [5, 5.41) is 2.83. The summed E-state index contributed by atoms with van der Waals surface area (Å²) in [7, 11) is 0. The van der Waals surface area contributed by atoms with Crippen molar-refractivity contribution >= 4 is 5.91 Å². The largest absolute Gasteiger partial charge is 0.416 e. The Bertz CT molecular complexity index is 510. The molecule has 122 valence electrons. The van der Waals surface area contributed by atoms with Gasteiger partial charge in [0.2, 0.25) is 5.91 Å². The third kappa shape index (κ3) is 4.47. The summed E-state index contributed by atoms with van der Waals surface area (Å²) >= 11 is 0. The van der Waals surface area contributed by atoms with Crippen LogP contribution in [-0.2, 0) is 15.7 Å². The number of halogens is 3. The number of nitrogens with one attached hydrogen (secondary N) is 1. The van der Waals surface area contributed by atoms with Crippen molar-refractivity contribution in [2.24, 2.45) is 5.92 Å². The molecule has 0 bridgehead atoms. The van der Waals surface area contributed by atoms with Gasteiger partial charge in [-0.15, -0.1) is 0 Å². The molecule has 0 aromatic heterocycles. The highest BCUT2D eigenvalue weighted by Gasteiger charge is 2.30. The molecule has 1 aromatic carbocycles. The lowest BCUT2D eigenvalue weighted by atomic mass is 9.96. The van der Waals surface area contributed by atoms with Gasteiger partial charge in [-0.25, -0.2) is 0 Å². The summed E-state index contributed by atoms with van der Waals surface area (Å²) in [5.74, 6) is -0.181. The van der Waals surface area contributed by atoms with E-state index in [2.05, 4.69) is 5.32 Å². The molecule has 1 saturated heterocycles. The lowest BCUT2D eigenvalue weighted by Gasteiger charge is -2.15. The van der Waals surface area contributed by atoms with Gasteiger partial charge in [0.1, 0.15) is 0 Å². The monoisotopic (exact) mass is 315 g/mol. The fraction of sp³-hybridized carbons (Fsp3) is 0.562. The predicted molar refractivity (Wildman–Crippen MR) is 76.4 cm³/mol. The van der Waals surface area contributed by atoms with Crippen LogP contribution in [0, 0.1) is 5.92 Å². The first-order chi connectivity index (χ1) is 10.4. The fourth-order valence-corrected chi connectivity index (χ4v) is 2.49. The van der Waals surface area contributed by atoms with Crippen LogP contribution in [0.4, 0.5) is 13.2 Å². The molecule has 1 fully saturated rings. The Hall–Kier alpha value is -1.56. The molecule has 2 rings (SSSR count). The van der Waals surface area contributed by atoms with E-state index in [9.17, 15) is 18.0 Å². The van der Waals surface area contributed by atoms with Crippen molar-refractivity contribution in [3.8, 4) is 0 Å². The van der Waals surface area contributed by atoms with Gasteiger partial charge in [0, 0.05) is 13.2 Å². The molecule has 1 amide bonds. The molecular weight excluding hydrogens is 295 g/mol. The van der Waals surface area contributed by atoms with Crippen LogP contribution in [-0.4, -0.2) is 25.7 Å². The van der Waals surface area contributed by atoms with Crippen LogP contribution in [0.15, 0.2) is 24.3 Å². The molecule has 1 heterocycles. The van der Waals surface area contributed by atoms with E-state index in [1.54, 1.807) is 6.07 Å². The van der Waals surface area contributed by atoms with Crippen molar-refractivity contribution in [3.05, 3.63) is 35.4 Å². The standard InChI is InChI=1S/C16H20F3NO2/c1-11(5-7-20-15(21)13-6-8-22-10-13)12-3-2-4-14(9-12)16(17,18)19/h2-4,9,11,13H,5-8,10H2,1H3,(H,20,21)/t11-,13-/m1/s1. The second-order valence-electron chi connectivity index (χ2n) is 5.66. The third-order valence-corrected chi connectivity index (χ3v) is 3.96. The summed E-state index contributed by atoms with van der Waals surface area (Å²) in [5.41, 5.74) is -0.00253. The summed E-state index contributed by atoms with van der Waals surface area (Å²) in [6.07, 6.45) is -3.00. The van der Waals surface area contributed by atoms with Gasteiger partial charge in [-0.1, -0.05) is 25.1 Å². The first kappa shape index (κ1) is 16.8. The second kappa shape index (κ2) is 7.13. The minimum absolute atomic E-state index is 0.0336. The molecule has 0 unspecified atom stereocenters. The highest BCUT2D eigenvalue weighted by molar-refractivity contribution is 5.78. The van der Waals surface area contributed by atoms with Crippen LogP contribution in [0.25, 0.3) is 0 Å². The van der Waals surface area contributed by atoms with Crippen LogP contribution < -0.4 is 5.32 Å². The number of rotatable bonds is 5. The Labute approximate surface area is 127 Å². The Balaban J connectivity index is 1.84. The maximum atomic E-state index is 12.7. The minimum atomic E-state index is -4.33. The SMILES string of the molecule is C[C@H](CCNC(=O)[C@@H]1CCOC1)c1cccc(C(F)(F)F)c1. The Kier molecular flexibility index (Phi) is 5.45. The van der Waals surface area contributed by atoms with Crippen molar-refractivity contribution in [2.45, 2.75) is 31.9 Å². The molecule has 0 spiro atoms. The summed E-state index contributed by atoms with van der Waals surface area (Å²) < 4.78 is 43.2. The zero-order chi connectivity index (χ0) is 16.2. The molecule has 0 saturated carbocycles. The van der Waals surface area contributed by atoms with Gasteiger partial charge in [0.25, 0.3) is 0 Å². The molecule has 1 aliphatic rings. The van der Waals surface area contributed by atoms with Crippen molar-refractivity contribution < 1.29 is 22.7 Å². The van der Waals surface area contributed by atoms with Crippen molar-refractivity contribution in [1.82, 2.24) is 5.32 Å². The lowest BCUT2D eigenvalue weighted by Crippen LogP contribution is -2.32. The van der Waals surface area contributed by atoms with E-state index in [0.717, 1.165) is 12.5 Å². The minimum Gasteiger partial charge on any atom is -0.381 e. The molecule has 3 nitrogen and oxygen atoms in total. The molecule has 1 aromatic rings. The zero-order valence-corrected chi connectivity index (χ0v) is 12.5. The van der Waals surface area contributed by atoms with E-state index in [-0.39, 0.29) is 17.7 Å². The van der Waals surface area contributed by atoms with Gasteiger partial charge in [-0.2, -0.15) is 13.2 Å². The highest BCUT2D eigenvalue weighted by Crippen LogP contribution is 2.31. The maximum absolute atomic E-state index is 12.7. The Morgan fingerprint density at radius 2 is 2.23 bits per heavy atom. The van der Waals surface area contributed by atoms with Crippen LogP contribution in [0.1, 0.15) is 36.8 Å². The van der Waals surface area contributed by atoms with E-state index < -0.39 is 11.7 Å². The fourth-order valence-electron chi connectivity index (χ4n) is 2.49. The average molecular weight is 315 g/mol. The summed E-state index contributed by atoms with van der Waals surface area (Å²) in [6.45, 7) is 3.38. The van der Waals surface area contributed by atoms with Gasteiger partial charge in [-0.05, 0) is 30.4 Å². The number of hydrogen-bond acceptors (Lipinski definition) is 2. The first-order valence-electron chi connectivity index (χ1n) is 7.40. The normalized spacial score (nSPS) is 19.9. The topological polar surface area (TPSA) is 38.3 Å². The Morgan fingerprint density at radius 3 is 2.86 bits per heavy atom. The Morgan fingerprint density at radius 1 is 1.45 bits per heavy atom. The maximum Gasteiger partial charge on any atom is 0.416 e. The number of hydrogen-bond donors (Lipinski definition) is 1. The molecule has 22 heavy (non-hydrogen) atoms. The van der Waals surface area contributed by atoms with Crippen molar-refractivity contribution in [3.63, 3.8) is 0 Å². The molecule has 2 atom stereocenters. The van der Waals surface area contributed by atoms with E-state index in [0.29, 0.717) is 31.7 Å². The van der Waals surface area contributed by atoms with Crippen LogP contribution in [0.5, 0.6) is 0 Å². The molecule has 0 radical (unpaired) electrons. The molecular formula is C16H20F3NO2. The molecule has 6 heteroatoms. The summed E-state index contributed by atoms with van der Waals surface area (Å²) in [6, 6.07) is 5.35. The molecule has 1 N–H and O–H groups in total. The average Bonchev–Trinajstić information content (AvgIpc) is 3.00. The van der Waals surface area contributed by atoms with Crippen LogP contribution in [0.3, 0.4) is 0 Å². The van der Waals surface area contributed by atoms with Crippen molar-refractivity contribution in [2.75, 3.05) is 19.8 Å². The van der Waals surface area contributed by atoms with Gasteiger partial charge in [0.05, 0.1) is 18.1 Å². The summed E-state index contributed by atoms with van der Waals surface area (Å²) in [4.78, 5) is 11.8. The third-order valence-electron chi connectivity index (χ3n) is 3.96. The number of alkyl halides is 3. The van der Waals surface area contributed by atoms with E-state index in [1.807, 2.05) is 6.92 Å². The molecule has 1 aliphatic heterocycles. The lowest BCUT2D eigenvalue weighted by molar-refractivity contribution is -0.137. The van der Waals surface area contributed by atoms with E-state index in [1.165, 1.54) is 12.1 Å². The number of benzene rings is 1. The van der Waals surface area contributed by atoms with E-state index >= 15 is 0 Å². The van der Waals surface area contributed by atoms with Gasteiger partial charge in [0.15, 0.2) is 0 Å². The van der Waals surface area contributed by atoms with E-state index in [4.69, 9.17) is 4.74 Å². The van der Waals surface area contributed by atoms with Gasteiger partial charge < -0.3 is 10.1 Å². The number of ether oxygens (including phenoxy) is 1. The molecule has 0 aliphatic carbocycles. The van der Waals surface area contributed by atoms with Crippen molar-refractivity contribution in [1.29, 1.82) is 0 Å². The zero-order valence-electron chi connectivity index (χ0n) is 12.5. The number of carbonyl (C=O) groups is 1. The van der Waals surface area contributed by atoms with Crippen LogP contribution in [0.2, 0.25) is 0 Å².